The van der Waals surface area contributed by atoms with Crippen LogP contribution in [0.4, 0.5) is 0 Å². The van der Waals surface area contributed by atoms with Gasteiger partial charge in [-0.1, -0.05) is 43.7 Å². The molecule has 1 aliphatic rings. The van der Waals surface area contributed by atoms with Crippen molar-refractivity contribution in [2.75, 3.05) is 20.1 Å². The first-order valence-corrected chi connectivity index (χ1v) is 7.30. The van der Waals surface area contributed by atoms with E-state index in [1.807, 2.05) is 0 Å². The van der Waals surface area contributed by atoms with E-state index in [1.54, 1.807) is 0 Å². The summed E-state index contributed by atoms with van der Waals surface area (Å²) in [4.78, 5) is 2.53. The molecule has 1 aromatic rings. The lowest BCUT2D eigenvalue weighted by atomic mass is 9.91. The number of hydrogen-bond acceptors (Lipinski definition) is 2. The second-order valence-electron chi connectivity index (χ2n) is 5.44. The van der Waals surface area contributed by atoms with Crippen LogP contribution >= 0.6 is 0 Å². The molecule has 0 bridgehead atoms. The molecule has 1 aromatic carbocycles. The molecule has 2 rings (SSSR count). The molecule has 0 saturated heterocycles. The Morgan fingerprint density at radius 3 is 2.56 bits per heavy atom. The van der Waals surface area contributed by atoms with E-state index in [0.29, 0.717) is 6.04 Å². The molecule has 18 heavy (non-hydrogen) atoms. The van der Waals surface area contributed by atoms with Crippen molar-refractivity contribution in [1.29, 1.82) is 0 Å². The quantitative estimate of drug-likeness (QED) is 0.794. The molecular weight excluding hydrogens is 220 g/mol. The third kappa shape index (κ3) is 3.56. The predicted molar refractivity (Wildman–Crippen MR) is 77.7 cm³/mol. The highest BCUT2D eigenvalue weighted by Crippen LogP contribution is 2.25. The van der Waals surface area contributed by atoms with Crippen LogP contribution < -0.4 is 5.32 Å². The molecule has 100 valence electrons. The van der Waals surface area contributed by atoms with Crippen molar-refractivity contribution < 1.29 is 0 Å². The van der Waals surface area contributed by atoms with Crippen LogP contribution in [-0.2, 0) is 0 Å². The Morgan fingerprint density at radius 1 is 1.28 bits per heavy atom. The first kappa shape index (κ1) is 13.6. The van der Waals surface area contributed by atoms with Crippen molar-refractivity contribution in [2.24, 2.45) is 0 Å². The SMILES string of the molecule is CCCNC(CN(C)C1CCC1)c1ccccc1. The molecule has 2 heteroatoms. The van der Waals surface area contributed by atoms with Crippen LogP contribution in [0.2, 0.25) is 0 Å². The molecule has 1 aliphatic carbocycles. The fraction of sp³-hybridized carbons (Fsp3) is 0.625. The molecule has 1 saturated carbocycles. The zero-order valence-electron chi connectivity index (χ0n) is 11.7. The van der Waals surface area contributed by atoms with Crippen molar-refractivity contribution in [2.45, 2.75) is 44.7 Å². The Hall–Kier alpha value is -0.860. The average Bonchev–Trinajstić information content (AvgIpc) is 2.33. The number of hydrogen-bond donors (Lipinski definition) is 1. The molecule has 1 atom stereocenters. The summed E-state index contributed by atoms with van der Waals surface area (Å²) in [6.07, 6.45) is 5.36. The molecule has 0 heterocycles. The second-order valence-corrected chi connectivity index (χ2v) is 5.44. The zero-order valence-corrected chi connectivity index (χ0v) is 11.7. The van der Waals surface area contributed by atoms with Gasteiger partial charge in [-0.15, -0.1) is 0 Å². The van der Waals surface area contributed by atoms with Gasteiger partial charge in [0.15, 0.2) is 0 Å². The maximum absolute atomic E-state index is 3.68. The summed E-state index contributed by atoms with van der Waals surface area (Å²) in [5.74, 6) is 0. The topological polar surface area (TPSA) is 15.3 Å². The van der Waals surface area contributed by atoms with Crippen molar-refractivity contribution in [3.8, 4) is 0 Å². The first-order valence-electron chi connectivity index (χ1n) is 7.30. The van der Waals surface area contributed by atoms with Gasteiger partial charge in [-0.05, 0) is 38.4 Å². The monoisotopic (exact) mass is 246 g/mol. The Kier molecular flexibility index (Phi) is 5.21. The maximum Gasteiger partial charge on any atom is 0.0449 e. The Labute approximate surface area is 111 Å². The van der Waals surface area contributed by atoms with E-state index in [2.05, 4.69) is 54.5 Å². The summed E-state index contributed by atoms with van der Waals surface area (Å²) in [5, 5.41) is 3.68. The molecule has 0 aromatic heterocycles. The van der Waals surface area contributed by atoms with Gasteiger partial charge >= 0.3 is 0 Å². The number of nitrogens with one attached hydrogen (secondary N) is 1. The van der Waals surface area contributed by atoms with Crippen LogP contribution in [0, 0.1) is 0 Å². The van der Waals surface area contributed by atoms with Crippen molar-refractivity contribution >= 4 is 0 Å². The number of nitrogens with zero attached hydrogens (tertiary/aromatic N) is 1. The van der Waals surface area contributed by atoms with E-state index >= 15 is 0 Å². The van der Waals surface area contributed by atoms with Gasteiger partial charge in [-0.2, -0.15) is 0 Å². The third-order valence-electron chi connectivity index (χ3n) is 4.01. The molecule has 0 amide bonds. The molecule has 1 fully saturated rings. The van der Waals surface area contributed by atoms with E-state index in [0.717, 1.165) is 19.1 Å². The van der Waals surface area contributed by atoms with Crippen LogP contribution in [0.3, 0.4) is 0 Å². The summed E-state index contributed by atoms with van der Waals surface area (Å²) in [6.45, 7) is 4.44. The molecule has 1 N–H and O–H groups in total. The number of rotatable bonds is 7. The van der Waals surface area contributed by atoms with Gasteiger partial charge in [0.05, 0.1) is 0 Å². The van der Waals surface area contributed by atoms with Gasteiger partial charge in [0, 0.05) is 18.6 Å². The van der Waals surface area contributed by atoms with Crippen LogP contribution in [0.1, 0.15) is 44.2 Å². The fourth-order valence-electron chi connectivity index (χ4n) is 2.56. The molecule has 0 spiro atoms. The first-order chi connectivity index (χ1) is 8.81. The van der Waals surface area contributed by atoms with Crippen molar-refractivity contribution in [3.05, 3.63) is 35.9 Å². The molecule has 0 aliphatic heterocycles. The highest BCUT2D eigenvalue weighted by atomic mass is 15.2. The van der Waals surface area contributed by atoms with Gasteiger partial charge in [-0.25, -0.2) is 0 Å². The summed E-state index contributed by atoms with van der Waals surface area (Å²) >= 11 is 0. The van der Waals surface area contributed by atoms with E-state index in [1.165, 1.54) is 31.2 Å². The summed E-state index contributed by atoms with van der Waals surface area (Å²) < 4.78 is 0. The summed E-state index contributed by atoms with van der Waals surface area (Å²) in [7, 11) is 2.27. The lowest BCUT2D eigenvalue weighted by Crippen LogP contribution is -2.42. The minimum atomic E-state index is 0.469. The molecule has 1 unspecified atom stereocenters. The van der Waals surface area contributed by atoms with Crippen molar-refractivity contribution in [3.63, 3.8) is 0 Å². The number of benzene rings is 1. The highest BCUT2D eigenvalue weighted by molar-refractivity contribution is 5.19. The third-order valence-corrected chi connectivity index (χ3v) is 4.01. The minimum absolute atomic E-state index is 0.469. The Morgan fingerprint density at radius 2 is 2.00 bits per heavy atom. The standard InChI is InChI=1S/C16H26N2/c1-3-12-17-16(14-8-5-4-6-9-14)13-18(2)15-10-7-11-15/h4-6,8-9,15-17H,3,7,10-13H2,1-2H3. The van der Waals surface area contributed by atoms with E-state index in [-0.39, 0.29) is 0 Å². The van der Waals surface area contributed by atoms with Gasteiger partial charge in [0.2, 0.25) is 0 Å². The molecular formula is C16H26N2. The maximum atomic E-state index is 3.68. The van der Waals surface area contributed by atoms with Crippen molar-refractivity contribution in [1.82, 2.24) is 10.2 Å². The smallest absolute Gasteiger partial charge is 0.0449 e. The highest BCUT2D eigenvalue weighted by Gasteiger charge is 2.24. The Bertz CT molecular complexity index is 332. The zero-order chi connectivity index (χ0) is 12.8. The number of likely N-dealkylation sites (N-methyl/N-ethyl adjacent to an activating group) is 1. The van der Waals surface area contributed by atoms with E-state index < -0.39 is 0 Å². The lowest BCUT2D eigenvalue weighted by molar-refractivity contribution is 0.145. The van der Waals surface area contributed by atoms with Gasteiger partial charge < -0.3 is 10.2 Å². The molecule has 2 nitrogen and oxygen atoms in total. The fourth-order valence-corrected chi connectivity index (χ4v) is 2.56. The summed E-state index contributed by atoms with van der Waals surface area (Å²) in [5.41, 5.74) is 1.41. The lowest BCUT2D eigenvalue weighted by Gasteiger charge is -2.37. The average molecular weight is 246 g/mol. The second kappa shape index (κ2) is 6.91. The van der Waals surface area contributed by atoms with Crippen LogP contribution in [0.15, 0.2) is 30.3 Å². The summed E-state index contributed by atoms with van der Waals surface area (Å²) in [6, 6.07) is 12.1. The van der Waals surface area contributed by atoms with Crippen LogP contribution in [-0.4, -0.2) is 31.1 Å². The Balaban J connectivity index is 1.95. The van der Waals surface area contributed by atoms with Gasteiger partial charge in [0.1, 0.15) is 0 Å². The van der Waals surface area contributed by atoms with Crippen LogP contribution in [0.5, 0.6) is 0 Å². The minimum Gasteiger partial charge on any atom is -0.309 e. The van der Waals surface area contributed by atoms with E-state index in [9.17, 15) is 0 Å². The predicted octanol–water partition coefficient (Wildman–Crippen LogP) is 3.21. The van der Waals surface area contributed by atoms with Gasteiger partial charge in [-0.3, -0.25) is 0 Å². The van der Waals surface area contributed by atoms with Crippen LogP contribution in [0.25, 0.3) is 0 Å². The molecule has 0 radical (unpaired) electrons. The van der Waals surface area contributed by atoms with Gasteiger partial charge in [0.25, 0.3) is 0 Å². The van der Waals surface area contributed by atoms with E-state index in [4.69, 9.17) is 0 Å². The normalized spacial score (nSPS) is 17.7. The largest absolute Gasteiger partial charge is 0.309 e.